The summed E-state index contributed by atoms with van der Waals surface area (Å²) in [5.74, 6) is 1.12. The first kappa shape index (κ1) is 19.0. The Bertz CT molecular complexity index is 968. The zero-order chi connectivity index (χ0) is 19.2. The Morgan fingerprint density at radius 1 is 1.15 bits per heavy atom. The smallest absolute Gasteiger partial charge is 0.256 e. The summed E-state index contributed by atoms with van der Waals surface area (Å²) in [5, 5.41) is 3.82. The topological polar surface area (TPSA) is 67.0 Å². The third kappa shape index (κ3) is 4.89. The monoisotopic (exact) mass is 383 g/mol. The largest absolute Gasteiger partial charge is 0.491 e. The molecule has 0 fully saturated rings. The van der Waals surface area contributed by atoms with Crippen LogP contribution in [0.4, 0.5) is 11.6 Å². The average Bonchev–Trinajstić information content (AvgIpc) is 2.65. The molecule has 2 N–H and O–H groups in total. The quantitative estimate of drug-likeness (QED) is 0.611. The van der Waals surface area contributed by atoms with Crippen molar-refractivity contribution in [3.05, 3.63) is 80.7 Å². The molecule has 0 radical (unpaired) electrons. The first-order chi connectivity index (χ1) is 13.1. The molecule has 0 saturated carbocycles. The standard InChI is InChI=1S/C21H22ClN3O2/c1-3-12-27-19-7-5-4-6-18(19)24-21-23-14(2)17(20(26)25-21)13-15-8-10-16(22)11-9-15/h4-11H,3,12-13H2,1-2H3,(H2,23,24,25,26). The number of nitrogens with one attached hydrogen (secondary N) is 2. The summed E-state index contributed by atoms with van der Waals surface area (Å²) in [5.41, 5.74) is 2.93. The van der Waals surface area contributed by atoms with Gasteiger partial charge in [0.05, 0.1) is 18.0 Å². The minimum absolute atomic E-state index is 0.160. The van der Waals surface area contributed by atoms with Crippen LogP contribution >= 0.6 is 11.6 Å². The number of hydrogen-bond acceptors (Lipinski definition) is 4. The van der Waals surface area contributed by atoms with E-state index in [2.05, 4.69) is 22.2 Å². The van der Waals surface area contributed by atoms with Gasteiger partial charge in [0.15, 0.2) is 0 Å². The van der Waals surface area contributed by atoms with Crippen LogP contribution in [0.5, 0.6) is 5.75 Å². The van der Waals surface area contributed by atoms with E-state index in [1.807, 2.05) is 55.5 Å². The molecule has 3 rings (SSSR count). The zero-order valence-electron chi connectivity index (χ0n) is 15.4. The maximum Gasteiger partial charge on any atom is 0.256 e. The fourth-order valence-corrected chi connectivity index (χ4v) is 2.85. The molecule has 0 amide bonds. The third-order valence-electron chi connectivity index (χ3n) is 4.12. The average molecular weight is 384 g/mol. The van der Waals surface area contributed by atoms with Crippen LogP contribution in [0.15, 0.2) is 53.3 Å². The first-order valence-electron chi connectivity index (χ1n) is 8.90. The van der Waals surface area contributed by atoms with Crippen LogP contribution in [0.3, 0.4) is 0 Å². The van der Waals surface area contributed by atoms with Crippen molar-refractivity contribution in [3.8, 4) is 5.75 Å². The molecular weight excluding hydrogens is 362 g/mol. The van der Waals surface area contributed by atoms with Gasteiger partial charge in [-0.2, -0.15) is 0 Å². The Morgan fingerprint density at radius 3 is 2.59 bits per heavy atom. The number of benzene rings is 2. The van der Waals surface area contributed by atoms with Gasteiger partial charge in [-0.1, -0.05) is 42.8 Å². The molecule has 1 heterocycles. The van der Waals surface area contributed by atoms with E-state index < -0.39 is 0 Å². The van der Waals surface area contributed by atoms with Crippen molar-refractivity contribution >= 4 is 23.2 Å². The molecule has 0 unspecified atom stereocenters. The van der Waals surface area contributed by atoms with Gasteiger partial charge in [-0.25, -0.2) is 4.98 Å². The van der Waals surface area contributed by atoms with Gasteiger partial charge in [0, 0.05) is 17.0 Å². The van der Waals surface area contributed by atoms with Crippen molar-refractivity contribution in [3.63, 3.8) is 0 Å². The first-order valence-corrected chi connectivity index (χ1v) is 9.27. The Morgan fingerprint density at radius 2 is 1.89 bits per heavy atom. The van der Waals surface area contributed by atoms with Crippen molar-refractivity contribution in [1.82, 2.24) is 9.97 Å². The molecule has 0 atom stereocenters. The molecule has 0 saturated heterocycles. The Labute approximate surface area is 163 Å². The number of rotatable bonds is 7. The molecule has 0 bridgehead atoms. The van der Waals surface area contributed by atoms with Crippen LogP contribution in [-0.2, 0) is 6.42 Å². The molecule has 5 nitrogen and oxygen atoms in total. The molecule has 0 aliphatic heterocycles. The number of aromatic amines is 1. The number of nitrogens with zero attached hydrogens (tertiary/aromatic N) is 1. The van der Waals surface area contributed by atoms with Crippen molar-refractivity contribution in [1.29, 1.82) is 0 Å². The summed E-state index contributed by atoms with van der Waals surface area (Å²) in [6.45, 7) is 4.52. The summed E-state index contributed by atoms with van der Waals surface area (Å²) in [7, 11) is 0. The molecule has 0 aliphatic carbocycles. The van der Waals surface area contributed by atoms with E-state index in [9.17, 15) is 4.79 Å². The molecule has 1 aromatic heterocycles. The summed E-state index contributed by atoms with van der Waals surface area (Å²) in [6, 6.07) is 15.0. The Kier molecular flexibility index (Phi) is 6.14. The van der Waals surface area contributed by atoms with Gasteiger partial charge in [-0.05, 0) is 43.2 Å². The van der Waals surface area contributed by atoms with Crippen LogP contribution < -0.4 is 15.6 Å². The van der Waals surface area contributed by atoms with E-state index in [4.69, 9.17) is 16.3 Å². The fourth-order valence-electron chi connectivity index (χ4n) is 2.72. The highest BCUT2D eigenvalue weighted by Crippen LogP contribution is 2.26. The predicted molar refractivity (Wildman–Crippen MR) is 109 cm³/mol. The highest BCUT2D eigenvalue weighted by atomic mass is 35.5. The summed E-state index contributed by atoms with van der Waals surface area (Å²) in [4.78, 5) is 19.9. The summed E-state index contributed by atoms with van der Waals surface area (Å²) >= 11 is 5.92. The minimum Gasteiger partial charge on any atom is -0.491 e. The maximum atomic E-state index is 12.6. The maximum absolute atomic E-state index is 12.6. The van der Waals surface area contributed by atoms with Crippen LogP contribution in [0.25, 0.3) is 0 Å². The van der Waals surface area contributed by atoms with Gasteiger partial charge in [0.1, 0.15) is 5.75 Å². The number of ether oxygens (including phenoxy) is 1. The second-order valence-electron chi connectivity index (χ2n) is 6.25. The lowest BCUT2D eigenvalue weighted by Gasteiger charge is -2.13. The lowest BCUT2D eigenvalue weighted by atomic mass is 10.1. The van der Waals surface area contributed by atoms with Gasteiger partial charge in [-0.3, -0.25) is 9.78 Å². The van der Waals surface area contributed by atoms with Gasteiger partial charge in [-0.15, -0.1) is 0 Å². The van der Waals surface area contributed by atoms with Crippen LogP contribution in [-0.4, -0.2) is 16.6 Å². The number of anilines is 2. The van der Waals surface area contributed by atoms with Gasteiger partial charge in [0.25, 0.3) is 5.56 Å². The van der Waals surface area contributed by atoms with E-state index in [-0.39, 0.29) is 5.56 Å². The van der Waals surface area contributed by atoms with Crippen molar-refractivity contribution in [2.45, 2.75) is 26.7 Å². The van der Waals surface area contributed by atoms with E-state index in [0.29, 0.717) is 35.3 Å². The number of aryl methyl sites for hydroxylation is 1. The highest BCUT2D eigenvalue weighted by molar-refractivity contribution is 6.30. The van der Waals surface area contributed by atoms with E-state index in [0.717, 1.165) is 23.4 Å². The normalized spacial score (nSPS) is 10.6. The van der Waals surface area contributed by atoms with Crippen molar-refractivity contribution in [2.75, 3.05) is 11.9 Å². The summed E-state index contributed by atoms with van der Waals surface area (Å²) < 4.78 is 5.74. The number of para-hydroxylation sites is 2. The SMILES string of the molecule is CCCOc1ccccc1Nc1nc(C)c(Cc2ccc(Cl)cc2)c(=O)[nH]1. The van der Waals surface area contributed by atoms with Crippen LogP contribution in [0.2, 0.25) is 5.02 Å². The molecule has 27 heavy (non-hydrogen) atoms. The summed E-state index contributed by atoms with van der Waals surface area (Å²) in [6.07, 6.45) is 1.42. The fraction of sp³-hybridized carbons (Fsp3) is 0.238. The van der Waals surface area contributed by atoms with Gasteiger partial charge < -0.3 is 10.1 Å². The number of hydrogen-bond donors (Lipinski definition) is 2. The molecule has 0 aliphatic rings. The third-order valence-corrected chi connectivity index (χ3v) is 4.37. The molecular formula is C21H22ClN3O2. The van der Waals surface area contributed by atoms with Crippen LogP contribution in [0.1, 0.15) is 30.2 Å². The van der Waals surface area contributed by atoms with E-state index in [1.54, 1.807) is 0 Å². The molecule has 3 aromatic rings. The molecule has 6 heteroatoms. The molecule has 2 aromatic carbocycles. The van der Waals surface area contributed by atoms with E-state index >= 15 is 0 Å². The van der Waals surface area contributed by atoms with Gasteiger partial charge in [0.2, 0.25) is 5.95 Å². The Hall–Kier alpha value is -2.79. The second-order valence-corrected chi connectivity index (χ2v) is 6.69. The number of halogens is 1. The van der Waals surface area contributed by atoms with E-state index in [1.165, 1.54) is 0 Å². The number of aromatic nitrogens is 2. The van der Waals surface area contributed by atoms with Crippen LogP contribution in [0, 0.1) is 6.92 Å². The lowest BCUT2D eigenvalue weighted by molar-refractivity contribution is 0.319. The molecule has 140 valence electrons. The highest BCUT2D eigenvalue weighted by Gasteiger charge is 2.11. The second kappa shape index (κ2) is 8.73. The lowest BCUT2D eigenvalue weighted by Crippen LogP contribution is -2.18. The number of H-pyrrole nitrogens is 1. The Balaban J connectivity index is 1.83. The van der Waals surface area contributed by atoms with Crippen molar-refractivity contribution in [2.24, 2.45) is 0 Å². The predicted octanol–water partition coefficient (Wildman–Crippen LogP) is 4.85. The zero-order valence-corrected chi connectivity index (χ0v) is 16.1. The van der Waals surface area contributed by atoms with Crippen molar-refractivity contribution < 1.29 is 4.74 Å². The molecule has 0 spiro atoms. The van der Waals surface area contributed by atoms with Gasteiger partial charge >= 0.3 is 0 Å². The minimum atomic E-state index is -0.160.